The van der Waals surface area contributed by atoms with Crippen molar-refractivity contribution in [2.75, 3.05) is 5.73 Å². The summed E-state index contributed by atoms with van der Waals surface area (Å²) in [7, 11) is 0. The maximum absolute atomic E-state index is 13.3. The van der Waals surface area contributed by atoms with Crippen LogP contribution in [0.15, 0.2) is 48.5 Å². The van der Waals surface area contributed by atoms with E-state index in [-0.39, 0.29) is 11.6 Å². The van der Waals surface area contributed by atoms with Crippen LogP contribution in [-0.2, 0) is 6.61 Å². The Labute approximate surface area is 126 Å². The van der Waals surface area contributed by atoms with Crippen LogP contribution in [0.1, 0.15) is 5.56 Å². The first-order valence-corrected chi connectivity index (χ1v) is 6.73. The number of nitrogens with two attached hydrogens (primary N) is 1. The van der Waals surface area contributed by atoms with E-state index in [1.165, 1.54) is 12.1 Å². The minimum atomic E-state index is -0.515. The van der Waals surface area contributed by atoms with Gasteiger partial charge in [0.05, 0.1) is 10.5 Å². The molecule has 0 atom stereocenters. The zero-order valence-corrected chi connectivity index (χ0v) is 11.8. The summed E-state index contributed by atoms with van der Waals surface area (Å²) in [6, 6.07) is 13.9. The highest BCUT2D eigenvalue weighted by Gasteiger charge is 2.06. The van der Waals surface area contributed by atoms with Crippen molar-refractivity contribution < 1.29 is 9.13 Å². The Morgan fingerprint density at radius 3 is 2.76 bits per heavy atom. The number of anilines is 1. The van der Waals surface area contributed by atoms with Gasteiger partial charge >= 0.3 is 0 Å². The molecule has 0 spiro atoms. The van der Waals surface area contributed by atoms with Crippen molar-refractivity contribution >= 4 is 28.3 Å². The predicted molar refractivity (Wildman–Crippen MR) is 81.9 cm³/mol. The first-order valence-electron chi connectivity index (χ1n) is 6.35. The minimum absolute atomic E-state index is 0.0641. The molecule has 21 heavy (non-hydrogen) atoms. The second kappa shape index (κ2) is 5.58. The fourth-order valence-corrected chi connectivity index (χ4v) is 2.14. The lowest BCUT2D eigenvalue weighted by Gasteiger charge is -2.09. The molecule has 0 bridgehead atoms. The molecule has 3 aromatic rings. The summed E-state index contributed by atoms with van der Waals surface area (Å²) in [5.74, 6) is 0.284. The monoisotopic (exact) mass is 302 g/mol. The number of halogens is 2. The van der Waals surface area contributed by atoms with E-state index in [0.29, 0.717) is 11.6 Å². The maximum atomic E-state index is 13.3. The van der Waals surface area contributed by atoms with E-state index >= 15 is 0 Å². The quantitative estimate of drug-likeness (QED) is 0.789. The van der Waals surface area contributed by atoms with Gasteiger partial charge in [-0.15, -0.1) is 0 Å². The lowest BCUT2D eigenvalue weighted by molar-refractivity contribution is 0.305. The van der Waals surface area contributed by atoms with Crippen molar-refractivity contribution in [2.45, 2.75) is 6.61 Å². The number of para-hydroxylation sites is 1. The summed E-state index contributed by atoms with van der Waals surface area (Å²) in [6.07, 6.45) is 0. The van der Waals surface area contributed by atoms with Crippen molar-refractivity contribution in [3.8, 4) is 5.75 Å². The molecule has 5 heteroatoms. The van der Waals surface area contributed by atoms with E-state index in [9.17, 15) is 4.39 Å². The van der Waals surface area contributed by atoms with Crippen LogP contribution in [0.5, 0.6) is 5.75 Å². The average molecular weight is 303 g/mol. The third-order valence-electron chi connectivity index (χ3n) is 3.12. The van der Waals surface area contributed by atoms with Gasteiger partial charge in [-0.2, -0.15) is 0 Å². The van der Waals surface area contributed by atoms with Crippen molar-refractivity contribution in [3.63, 3.8) is 0 Å². The molecule has 2 N–H and O–H groups in total. The van der Waals surface area contributed by atoms with Gasteiger partial charge in [-0.05, 0) is 24.3 Å². The SMILES string of the molecule is Nc1nc2ccccc2cc1COc1ccc(Cl)c(F)c1. The fourth-order valence-electron chi connectivity index (χ4n) is 2.02. The van der Waals surface area contributed by atoms with E-state index in [0.717, 1.165) is 16.5 Å². The standard InChI is InChI=1S/C16H12ClFN2O/c17-13-6-5-12(8-14(13)18)21-9-11-7-10-3-1-2-4-15(10)20-16(11)19/h1-8H,9H2,(H2,19,20). The number of fused-ring (bicyclic) bond motifs is 1. The lowest BCUT2D eigenvalue weighted by Crippen LogP contribution is -2.03. The predicted octanol–water partition coefficient (Wildman–Crippen LogP) is 4.19. The first kappa shape index (κ1) is 13.6. The number of aromatic nitrogens is 1. The van der Waals surface area contributed by atoms with Crippen molar-refractivity contribution in [2.24, 2.45) is 0 Å². The molecule has 0 radical (unpaired) electrons. The Hall–Kier alpha value is -2.33. The molecule has 1 aromatic heterocycles. The van der Waals surface area contributed by atoms with E-state index < -0.39 is 5.82 Å². The molecule has 2 aromatic carbocycles. The summed E-state index contributed by atoms with van der Waals surface area (Å²) in [6.45, 7) is 0.213. The van der Waals surface area contributed by atoms with Crippen LogP contribution in [-0.4, -0.2) is 4.98 Å². The molecule has 3 nitrogen and oxygen atoms in total. The smallest absolute Gasteiger partial charge is 0.145 e. The summed E-state index contributed by atoms with van der Waals surface area (Å²) >= 11 is 5.63. The summed E-state index contributed by atoms with van der Waals surface area (Å²) < 4.78 is 18.9. The molecule has 106 valence electrons. The maximum Gasteiger partial charge on any atom is 0.145 e. The zero-order chi connectivity index (χ0) is 14.8. The van der Waals surface area contributed by atoms with Gasteiger partial charge < -0.3 is 10.5 Å². The van der Waals surface area contributed by atoms with Gasteiger partial charge in [0.25, 0.3) is 0 Å². The number of hydrogen-bond donors (Lipinski definition) is 1. The Balaban J connectivity index is 1.84. The molecule has 0 saturated heterocycles. The summed E-state index contributed by atoms with van der Waals surface area (Å²) in [5, 5.41) is 1.04. The topological polar surface area (TPSA) is 48.1 Å². The van der Waals surface area contributed by atoms with Gasteiger partial charge in [-0.25, -0.2) is 9.37 Å². The normalized spacial score (nSPS) is 10.8. The van der Waals surface area contributed by atoms with Crippen LogP contribution >= 0.6 is 11.6 Å². The summed E-state index contributed by atoms with van der Waals surface area (Å²) in [4.78, 5) is 4.32. The molecule has 0 amide bonds. The number of rotatable bonds is 3. The Morgan fingerprint density at radius 1 is 1.14 bits per heavy atom. The third kappa shape index (κ3) is 2.90. The van der Waals surface area contributed by atoms with E-state index in [1.54, 1.807) is 6.07 Å². The summed E-state index contributed by atoms with van der Waals surface area (Å²) in [5.41, 5.74) is 7.50. The highest BCUT2D eigenvalue weighted by Crippen LogP contribution is 2.23. The fraction of sp³-hybridized carbons (Fsp3) is 0.0625. The Morgan fingerprint density at radius 2 is 1.95 bits per heavy atom. The molecule has 0 aliphatic rings. The highest BCUT2D eigenvalue weighted by atomic mass is 35.5. The first-order chi connectivity index (χ1) is 10.1. The Kier molecular flexibility index (Phi) is 3.62. The lowest BCUT2D eigenvalue weighted by atomic mass is 10.1. The van der Waals surface area contributed by atoms with Crippen LogP contribution in [0, 0.1) is 5.82 Å². The van der Waals surface area contributed by atoms with Crippen molar-refractivity contribution in [1.82, 2.24) is 4.98 Å². The average Bonchev–Trinajstić information content (AvgIpc) is 2.48. The molecule has 1 heterocycles. The van der Waals surface area contributed by atoms with Crippen molar-refractivity contribution in [1.29, 1.82) is 0 Å². The van der Waals surface area contributed by atoms with Gasteiger partial charge in [0.15, 0.2) is 0 Å². The van der Waals surface area contributed by atoms with Crippen molar-refractivity contribution in [3.05, 3.63) is 64.9 Å². The van der Waals surface area contributed by atoms with Crippen LogP contribution in [0.25, 0.3) is 10.9 Å². The molecule has 0 saturated carbocycles. The van der Waals surface area contributed by atoms with Gasteiger partial charge in [0.1, 0.15) is 24.0 Å². The minimum Gasteiger partial charge on any atom is -0.489 e. The molecular formula is C16H12ClFN2O. The molecule has 3 rings (SSSR count). The largest absolute Gasteiger partial charge is 0.489 e. The van der Waals surface area contributed by atoms with Crippen LogP contribution < -0.4 is 10.5 Å². The number of nitrogens with zero attached hydrogens (tertiary/aromatic N) is 1. The second-order valence-electron chi connectivity index (χ2n) is 4.59. The second-order valence-corrected chi connectivity index (χ2v) is 5.00. The molecule has 0 unspecified atom stereocenters. The number of pyridine rings is 1. The molecular weight excluding hydrogens is 291 g/mol. The highest BCUT2D eigenvalue weighted by molar-refractivity contribution is 6.30. The van der Waals surface area contributed by atoms with E-state index in [1.807, 2.05) is 30.3 Å². The van der Waals surface area contributed by atoms with E-state index in [4.69, 9.17) is 22.1 Å². The van der Waals surface area contributed by atoms with Gasteiger partial charge in [-0.1, -0.05) is 29.8 Å². The number of benzene rings is 2. The van der Waals surface area contributed by atoms with E-state index in [2.05, 4.69) is 4.98 Å². The van der Waals surface area contributed by atoms with Gasteiger partial charge in [-0.3, -0.25) is 0 Å². The Bertz CT molecular complexity index is 807. The molecule has 0 fully saturated rings. The number of nitrogen functional groups attached to an aromatic ring is 1. The van der Waals surface area contributed by atoms with Crippen LogP contribution in [0.4, 0.5) is 10.2 Å². The van der Waals surface area contributed by atoms with Gasteiger partial charge in [0, 0.05) is 17.0 Å². The zero-order valence-electron chi connectivity index (χ0n) is 11.0. The number of ether oxygens (including phenoxy) is 1. The van der Waals surface area contributed by atoms with Gasteiger partial charge in [0.2, 0.25) is 0 Å². The third-order valence-corrected chi connectivity index (χ3v) is 3.43. The van der Waals surface area contributed by atoms with Crippen LogP contribution in [0.2, 0.25) is 5.02 Å². The van der Waals surface area contributed by atoms with Crippen LogP contribution in [0.3, 0.4) is 0 Å². The number of hydrogen-bond acceptors (Lipinski definition) is 3. The molecule has 0 aliphatic heterocycles. The molecule has 0 aliphatic carbocycles.